The first-order valence-corrected chi connectivity index (χ1v) is 9.36. The normalized spacial score (nSPS) is 22.9. The molecule has 22 heavy (non-hydrogen) atoms. The van der Waals surface area contributed by atoms with Crippen molar-refractivity contribution >= 4 is 17.3 Å². The molecule has 1 aromatic rings. The zero-order valence-electron chi connectivity index (χ0n) is 14.4. The average molecular weight is 323 g/mol. The van der Waals surface area contributed by atoms with E-state index in [0.29, 0.717) is 12.6 Å². The predicted octanol–water partition coefficient (Wildman–Crippen LogP) is 3.72. The minimum atomic E-state index is 0.561. The van der Waals surface area contributed by atoms with Crippen molar-refractivity contribution in [2.75, 3.05) is 6.54 Å². The number of thiazole rings is 1. The smallest absolute Gasteiger partial charge is 0.191 e. The molecule has 0 spiro atoms. The molecule has 1 saturated carbocycles. The number of nitrogens with one attached hydrogen (secondary N) is 2. The van der Waals surface area contributed by atoms with Crippen LogP contribution >= 0.6 is 11.3 Å². The van der Waals surface area contributed by atoms with Crippen LogP contribution in [0.3, 0.4) is 0 Å². The van der Waals surface area contributed by atoms with Gasteiger partial charge in [0.1, 0.15) is 5.01 Å². The van der Waals surface area contributed by atoms with Crippen LogP contribution in [0, 0.1) is 18.8 Å². The molecule has 0 bridgehead atoms. The highest BCUT2D eigenvalue weighted by Gasteiger charge is 2.23. The Morgan fingerprint density at radius 2 is 2.09 bits per heavy atom. The Balaban J connectivity index is 1.86. The van der Waals surface area contributed by atoms with Gasteiger partial charge in [-0.05, 0) is 51.4 Å². The zero-order valence-corrected chi connectivity index (χ0v) is 15.2. The van der Waals surface area contributed by atoms with Gasteiger partial charge in [0.15, 0.2) is 5.96 Å². The van der Waals surface area contributed by atoms with Crippen molar-refractivity contribution in [3.63, 3.8) is 0 Å². The van der Waals surface area contributed by atoms with Gasteiger partial charge in [0.25, 0.3) is 0 Å². The summed E-state index contributed by atoms with van der Waals surface area (Å²) in [5.74, 6) is 2.65. The second-order valence-corrected chi connectivity index (χ2v) is 7.88. The molecule has 2 rings (SSSR count). The summed E-state index contributed by atoms with van der Waals surface area (Å²) in [4.78, 5) is 10.3. The first-order valence-electron chi connectivity index (χ1n) is 8.54. The van der Waals surface area contributed by atoms with E-state index in [-0.39, 0.29) is 0 Å². The van der Waals surface area contributed by atoms with Crippen LogP contribution in [0.15, 0.2) is 11.2 Å². The Hall–Kier alpha value is -1.10. The molecule has 0 aliphatic heterocycles. The lowest BCUT2D eigenvalue weighted by Gasteiger charge is -2.32. The highest BCUT2D eigenvalue weighted by molar-refractivity contribution is 7.11. The number of aliphatic imine (C=N–C) groups is 1. The van der Waals surface area contributed by atoms with E-state index in [9.17, 15) is 0 Å². The molecule has 0 unspecified atom stereocenters. The van der Waals surface area contributed by atoms with Crippen molar-refractivity contribution in [3.8, 4) is 0 Å². The van der Waals surface area contributed by atoms with E-state index in [4.69, 9.17) is 0 Å². The Bertz CT molecular complexity index is 473. The van der Waals surface area contributed by atoms with Gasteiger partial charge in [0, 0.05) is 23.7 Å². The maximum atomic E-state index is 4.69. The van der Waals surface area contributed by atoms with Crippen LogP contribution < -0.4 is 10.6 Å². The molecule has 0 atom stereocenters. The molecule has 0 saturated heterocycles. The summed E-state index contributed by atoms with van der Waals surface area (Å²) < 4.78 is 0. The molecule has 4 nitrogen and oxygen atoms in total. The molecule has 2 N–H and O–H groups in total. The molecule has 0 amide bonds. The van der Waals surface area contributed by atoms with Crippen molar-refractivity contribution in [3.05, 3.63) is 16.1 Å². The summed E-state index contributed by atoms with van der Waals surface area (Å²) in [5.41, 5.74) is 0. The largest absolute Gasteiger partial charge is 0.357 e. The molecule has 5 heteroatoms. The predicted molar refractivity (Wildman–Crippen MR) is 95.4 cm³/mol. The van der Waals surface area contributed by atoms with Crippen molar-refractivity contribution in [1.29, 1.82) is 0 Å². The van der Waals surface area contributed by atoms with Crippen LogP contribution in [0.5, 0.6) is 0 Å². The second kappa shape index (κ2) is 8.51. The number of hydrogen-bond donors (Lipinski definition) is 2. The minimum absolute atomic E-state index is 0.561. The Morgan fingerprint density at radius 1 is 1.36 bits per heavy atom. The summed E-state index contributed by atoms with van der Waals surface area (Å²) in [6.45, 7) is 10.4. The first-order chi connectivity index (χ1) is 10.6. The molecule has 0 aromatic carbocycles. The number of rotatable bonds is 5. The topological polar surface area (TPSA) is 49.3 Å². The summed E-state index contributed by atoms with van der Waals surface area (Å²) >= 11 is 1.72. The van der Waals surface area contributed by atoms with E-state index >= 15 is 0 Å². The highest BCUT2D eigenvalue weighted by Crippen LogP contribution is 2.29. The zero-order chi connectivity index (χ0) is 15.9. The average Bonchev–Trinajstić information content (AvgIpc) is 2.91. The number of aromatic nitrogens is 1. The van der Waals surface area contributed by atoms with Crippen LogP contribution in [0.1, 0.15) is 56.3 Å². The molecule has 1 aliphatic carbocycles. The van der Waals surface area contributed by atoms with Gasteiger partial charge in [0.2, 0.25) is 0 Å². The van der Waals surface area contributed by atoms with Crippen LogP contribution in [0.25, 0.3) is 0 Å². The molecule has 124 valence electrons. The SMILES string of the molecule is CCNC(=NCc1ncc(C)s1)NC1CCC(C(C)C)CC1. The van der Waals surface area contributed by atoms with E-state index in [1.54, 1.807) is 11.3 Å². The second-order valence-electron chi connectivity index (χ2n) is 6.56. The van der Waals surface area contributed by atoms with Crippen molar-refractivity contribution in [2.45, 2.75) is 66.0 Å². The van der Waals surface area contributed by atoms with Gasteiger partial charge in [-0.3, -0.25) is 0 Å². The number of hydrogen-bond acceptors (Lipinski definition) is 3. The van der Waals surface area contributed by atoms with Gasteiger partial charge in [-0.1, -0.05) is 13.8 Å². The van der Waals surface area contributed by atoms with Crippen LogP contribution in [-0.2, 0) is 6.54 Å². The van der Waals surface area contributed by atoms with Crippen LogP contribution in [0.2, 0.25) is 0 Å². The third kappa shape index (κ3) is 5.27. The highest BCUT2D eigenvalue weighted by atomic mass is 32.1. The summed E-state index contributed by atoms with van der Waals surface area (Å²) in [6, 6.07) is 0.561. The van der Waals surface area contributed by atoms with E-state index in [1.165, 1.54) is 30.6 Å². The van der Waals surface area contributed by atoms with Gasteiger partial charge in [-0.15, -0.1) is 11.3 Å². The van der Waals surface area contributed by atoms with Gasteiger partial charge in [-0.25, -0.2) is 9.98 Å². The minimum Gasteiger partial charge on any atom is -0.357 e. The lowest BCUT2D eigenvalue weighted by Crippen LogP contribution is -2.45. The van der Waals surface area contributed by atoms with E-state index in [1.807, 2.05) is 6.20 Å². The van der Waals surface area contributed by atoms with Gasteiger partial charge >= 0.3 is 0 Å². The maximum absolute atomic E-state index is 4.69. The van der Waals surface area contributed by atoms with E-state index in [0.717, 1.165) is 29.3 Å². The van der Waals surface area contributed by atoms with E-state index in [2.05, 4.69) is 48.3 Å². The summed E-state index contributed by atoms with van der Waals surface area (Å²) in [6.07, 6.45) is 7.09. The van der Waals surface area contributed by atoms with Crippen molar-refractivity contribution in [1.82, 2.24) is 15.6 Å². The lowest BCUT2D eigenvalue weighted by atomic mass is 9.80. The van der Waals surface area contributed by atoms with Crippen LogP contribution in [0.4, 0.5) is 0 Å². The van der Waals surface area contributed by atoms with Gasteiger partial charge in [0.05, 0.1) is 6.54 Å². The third-order valence-corrected chi connectivity index (χ3v) is 5.34. The monoisotopic (exact) mass is 322 g/mol. The van der Waals surface area contributed by atoms with Crippen molar-refractivity contribution < 1.29 is 0 Å². The Kier molecular flexibility index (Phi) is 6.68. The standard InChI is InChI=1S/C17H30N4S/c1-5-18-17(20-11-16-19-10-13(4)22-16)21-15-8-6-14(7-9-15)12(2)3/h10,12,14-15H,5-9,11H2,1-4H3,(H2,18,20,21). The number of nitrogens with zero attached hydrogens (tertiary/aromatic N) is 2. The van der Waals surface area contributed by atoms with E-state index < -0.39 is 0 Å². The Labute approximate surface area is 138 Å². The third-order valence-electron chi connectivity index (χ3n) is 4.44. The number of guanidine groups is 1. The van der Waals surface area contributed by atoms with Gasteiger partial charge < -0.3 is 10.6 Å². The molecular formula is C17H30N4S. The molecule has 1 aliphatic rings. The lowest BCUT2D eigenvalue weighted by molar-refractivity contribution is 0.250. The fourth-order valence-electron chi connectivity index (χ4n) is 3.06. The quantitative estimate of drug-likeness (QED) is 0.641. The molecule has 0 radical (unpaired) electrons. The van der Waals surface area contributed by atoms with Crippen molar-refractivity contribution in [2.24, 2.45) is 16.8 Å². The molecular weight excluding hydrogens is 292 g/mol. The fraction of sp³-hybridized carbons (Fsp3) is 0.765. The maximum Gasteiger partial charge on any atom is 0.191 e. The first kappa shape index (κ1) is 17.3. The molecule has 1 fully saturated rings. The summed E-state index contributed by atoms with van der Waals surface area (Å²) in [5, 5.41) is 8.05. The fourth-order valence-corrected chi connectivity index (χ4v) is 3.78. The molecule has 1 aromatic heterocycles. The molecule has 1 heterocycles. The van der Waals surface area contributed by atoms with Gasteiger partial charge in [-0.2, -0.15) is 0 Å². The number of aryl methyl sites for hydroxylation is 1. The Morgan fingerprint density at radius 3 is 2.64 bits per heavy atom. The van der Waals surface area contributed by atoms with Crippen LogP contribution in [-0.4, -0.2) is 23.5 Å². The summed E-state index contributed by atoms with van der Waals surface area (Å²) in [7, 11) is 0.